The lowest BCUT2D eigenvalue weighted by Crippen LogP contribution is -2.16. The van der Waals surface area contributed by atoms with E-state index in [1.54, 1.807) is 18.5 Å². The average molecular weight is 462 g/mol. The van der Waals surface area contributed by atoms with Gasteiger partial charge in [-0.2, -0.15) is 0 Å². The van der Waals surface area contributed by atoms with Crippen LogP contribution in [0.15, 0.2) is 76.6 Å². The molecule has 8 heteroatoms. The summed E-state index contributed by atoms with van der Waals surface area (Å²) in [5.41, 5.74) is 2.15. The number of benzene rings is 2. The molecule has 1 aliphatic heterocycles. The van der Waals surface area contributed by atoms with Crippen LogP contribution in [0.1, 0.15) is 29.0 Å². The van der Waals surface area contributed by atoms with Gasteiger partial charge in [0, 0.05) is 41.4 Å². The molecule has 1 amide bonds. The average Bonchev–Trinajstić information content (AvgIpc) is 3.51. The number of ether oxygens (including phenoxy) is 2. The van der Waals surface area contributed by atoms with Gasteiger partial charge < -0.3 is 19.2 Å². The van der Waals surface area contributed by atoms with Gasteiger partial charge in [0.2, 0.25) is 0 Å². The Morgan fingerprint density at radius 3 is 2.70 bits per heavy atom. The van der Waals surface area contributed by atoms with Gasteiger partial charge in [0.05, 0.1) is 6.10 Å². The number of furan rings is 1. The lowest BCUT2D eigenvalue weighted by molar-refractivity contribution is 0.0679. The molecule has 0 bridgehead atoms. The highest BCUT2D eigenvalue weighted by Gasteiger charge is 2.21. The van der Waals surface area contributed by atoms with Crippen molar-refractivity contribution in [3.8, 4) is 5.75 Å². The molecular formula is C25H23N3O4S. The predicted molar refractivity (Wildman–Crippen MR) is 127 cm³/mol. The molecule has 2 aromatic carbocycles. The van der Waals surface area contributed by atoms with Crippen LogP contribution in [-0.4, -0.2) is 35.2 Å². The maximum absolute atomic E-state index is 13.1. The minimum absolute atomic E-state index is 0.162. The van der Waals surface area contributed by atoms with Gasteiger partial charge in [0.15, 0.2) is 10.9 Å². The van der Waals surface area contributed by atoms with Gasteiger partial charge in [-0.25, -0.2) is 9.97 Å². The number of nitrogens with zero attached hydrogens (tertiary/aromatic N) is 2. The standard InChI is InChI=1S/C25H23N3O4S/c29-24(28-17-8-10-18(11-9-17)31-15-19-5-3-14-30-19)23-21(16-33-25-26-12-4-13-27-25)20-6-1-2-7-22(20)32-23/h1-2,4,6-13,19H,3,5,14-16H2,(H,28,29). The molecule has 0 spiro atoms. The fourth-order valence-corrected chi connectivity index (χ4v) is 4.54. The van der Waals surface area contributed by atoms with Crippen LogP contribution < -0.4 is 10.1 Å². The van der Waals surface area contributed by atoms with Crippen LogP contribution in [0.5, 0.6) is 5.75 Å². The third-order valence-corrected chi connectivity index (χ3v) is 6.27. The topological polar surface area (TPSA) is 86.5 Å². The van der Waals surface area contributed by atoms with E-state index >= 15 is 0 Å². The van der Waals surface area contributed by atoms with Crippen molar-refractivity contribution in [1.29, 1.82) is 0 Å². The van der Waals surface area contributed by atoms with Crippen molar-refractivity contribution in [3.05, 3.63) is 78.3 Å². The summed E-state index contributed by atoms with van der Waals surface area (Å²) in [7, 11) is 0. The third-order valence-electron chi connectivity index (χ3n) is 5.36. The zero-order chi connectivity index (χ0) is 22.5. The van der Waals surface area contributed by atoms with Crippen LogP contribution in [0.25, 0.3) is 11.0 Å². The Morgan fingerprint density at radius 1 is 1.09 bits per heavy atom. The maximum atomic E-state index is 13.1. The van der Waals surface area contributed by atoms with E-state index in [4.69, 9.17) is 13.9 Å². The highest BCUT2D eigenvalue weighted by Crippen LogP contribution is 2.31. The van der Waals surface area contributed by atoms with Gasteiger partial charge >= 0.3 is 0 Å². The molecule has 168 valence electrons. The summed E-state index contributed by atoms with van der Waals surface area (Å²) in [6.45, 7) is 1.34. The van der Waals surface area contributed by atoms with Gasteiger partial charge in [0.1, 0.15) is 17.9 Å². The second kappa shape index (κ2) is 10.1. The Hall–Kier alpha value is -3.36. The van der Waals surface area contributed by atoms with Crippen LogP contribution in [0.2, 0.25) is 0 Å². The first-order chi connectivity index (χ1) is 16.3. The van der Waals surface area contributed by atoms with Crippen LogP contribution in [0.3, 0.4) is 0 Å². The Balaban J connectivity index is 1.29. The van der Waals surface area contributed by atoms with Crippen molar-refractivity contribution in [2.75, 3.05) is 18.5 Å². The van der Waals surface area contributed by atoms with E-state index in [1.807, 2.05) is 48.5 Å². The molecular weight excluding hydrogens is 438 g/mol. The third kappa shape index (κ3) is 5.18. The van der Waals surface area contributed by atoms with Crippen LogP contribution in [0.4, 0.5) is 5.69 Å². The van der Waals surface area contributed by atoms with Gasteiger partial charge in [-0.3, -0.25) is 4.79 Å². The number of carbonyl (C=O) groups is 1. The van der Waals surface area contributed by atoms with Crippen molar-refractivity contribution < 1.29 is 18.7 Å². The van der Waals surface area contributed by atoms with E-state index in [0.717, 1.165) is 36.1 Å². The van der Waals surface area contributed by atoms with Gasteiger partial charge in [0.25, 0.3) is 5.91 Å². The van der Waals surface area contributed by atoms with Crippen LogP contribution >= 0.6 is 11.8 Å². The van der Waals surface area contributed by atoms with Crippen molar-refractivity contribution in [3.63, 3.8) is 0 Å². The minimum Gasteiger partial charge on any atom is -0.491 e. The van der Waals surface area contributed by atoms with Crippen molar-refractivity contribution >= 4 is 34.3 Å². The number of para-hydroxylation sites is 1. The number of carbonyl (C=O) groups excluding carboxylic acids is 1. The van der Waals surface area contributed by atoms with Gasteiger partial charge in [-0.05, 0) is 49.2 Å². The number of fused-ring (bicyclic) bond motifs is 1. The monoisotopic (exact) mass is 461 g/mol. The van der Waals surface area contributed by atoms with Crippen molar-refractivity contribution in [2.24, 2.45) is 0 Å². The van der Waals surface area contributed by atoms with E-state index in [0.29, 0.717) is 34.5 Å². The fraction of sp³-hybridized carbons (Fsp3) is 0.240. The molecule has 1 fully saturated rings. The van der Waals surface area contributed by atoms with Gasteiger partial charge in [-0.1, -0.05) is 30.0 Å². The Kier molecular flexibility index (Phi) is 6.55. The molecule has 5 rings (SSSR count). The number of aromatic nitrogens is 2. The summed E-state index contributed by atoms with van der Waals surface area (Å²) in [5, 5.41) is 4.48. The lowest BCUT2D eigenvalue weighted by atomic mass is 10.1. The number of anilines is 1. The molecule has 1 unspecified atom stereocenters. The molecule has 1 aliphatic rings. The molecule has 3 heterocycles. The number of rotatable bonds is 8. The number of thioether (sulfide) groups is 1. The molecule has 0 radical (unpaired) electrons. The summed E-state index contributed by atoms with van der Waals surface area (Å²) >= 11 is 1.46. The molecule has 1 saturated heterocycles. The van der Waals surface area contributed by atoms with E-state index in [1.165, 1.54) is 11.8 Å². The maximum Gasteiger partial charge on any atom is 0.291 e. The Morgan fingerprint density at radius 2 is 1.91 bits per heavy atom. The zero-order valence-corrected chi connectivity index (χ0v) is 18.7. The van der Waals surface area contributed by atoms with Gasteiger partial charge in [-0.15, -0.1) is 0 Å². The highest BCUT2D eigenvalue weighted by atomic mass is 32.2. The number of amides is 1. The van der Waals surface area contributed by atoms with E-state index in [-0.39, 0.29) is 12.0 Å². The molecule has 2 aromatic heterocycles. The second-order valence-electron chi connectivity index (χ2n) is 7.65. The Bertz CT molecular complexity index is 1220. The largest absolute Gasteiger partial charge is 0.491 e. The number of hydrogen-bond acceptors (Lipinski definition) is 7. The summed E-state index contributed by atoms with van der Waals surface area (Å²) in [5.74, 6) is 1.24. The molecule has 33 heavy (non-hydrogen) atoms. The smallest absolute Gasteiger partial charge is 0.291 e. The molecule has 7 nitrogen and oxygen atoms in total. The first-order valence-electron chi connectivity index (χ1n) is 10.8. The molecule has 1 atom stereocenters. The molecule has 1 N–H and O–H groups in total. The number of nitrogens with one attached hydrogen (secondary N) is 1. The normalized spacial score (nSPS) is 15.6. The first-order valence-corrected chi connectivity index (χ1v) is 11.8. The predicted octanol–water partition coefficient (Wildman–Crippen LogP) is 5.33. The van der Waals surface area contributed by atoms with Crippen LogP contribution in [0, 0.1) is 0 Å². The second-order valence-corrected chi connectivity index (χ2v) is 8.59. The highest BCUT2D eigenvalue weighted by molar-refractivity contribution is 7.98. The number of hydrogen-bond donors (Lipinski definition) is 1. The molecule has 0 aliphatic carbocycles. The lowest BCUT2D eigenvalue weighted by Gasteiger charge is -2.12. The quantitative estimate of drug-likeness (QED) is 0.280. The minimum atomic E-state index is -0.302. The van der Waals surface area contributed by atoms with Crippen molar-refractivity contribution in [2.45, 2.75) is 29.9 Å². The summed E-state index contributed by atoms with van der Waals surface area (Å²) < 4.78 is 17.3. The summed E-state index contributed by atoms with van der Waals surface area (Å²) in [6, 6.07) is 16.7. The first kappa shape index (κ1) is 21.5. The van der Waals surface area contributed by atoms with E-state index < -0.39 is 0 Å². The summed E-state index contributed by atoms with van der Waals surface area (Å²) in [4.78, 5) is 21.6. The Labute approximate surface area is 195 Å². The molecule has 4 aromatic rings. The summed E-state index contributed by atoms with van der Waals surface area (Å²) in [6.07, 6.45) is 5.67. The molecule has 0 saturated carbocycles. The zero-order valence-electron chi connectivity index (χ0n) is 17.9. The van der Waals surface area contributed by atoms with E-state index in [9.17, 15) is 4.79 Å². The SMILES string of the molecule is O=C(Nc1ccc(OCC2CCCO2)cc1)c1oc2ccccc2c1CSc1ncccn1. The fourth-order valence-electron chi connectivity index (χ4n) is 3.71. The van der Waals surface area contributed by atoms with Crippen molar-refractivity contribution in [1.82, 2.24) is 9.97 Å². The van der Waals surface area contributed by atoms with E-state index in [2.05, 4.69) is 15.3 Å². The van der Waals surface area contributed by atoms with Crippen LogP contribution in [-0.2, 0) is 10.5 Å².